The number of Topliss-reactive ketones (excluding diaryl/α,β-unsaturated/α-hetero) is 1. The monoisotopic (exact) mass is 502 g/mol. The predicted molar refractivity (Wildman–Crippen MR) is 128 cm³/mol. The summed E-state index contributed by atoms with van der Waals surface area (Å²) in [6.07, 6.45) is 1.78. The van der Waals surface area contributed by atoms with Crippen LogP contribution in [0.3, 0.4) is 0 Å². The maximum Gasteiger partial charge on any atom is 0.317 e. The number of nitriles is 1. The van der Waals surface area contributed by atoms with Crippen LogP contribution in [-0.4, -0.2) is 61.3 Å². The van der Waals surface area contributed by atoms with E-state index in [4.69, 9.17) is 4.74 Å². The summed E-state index contributed by atoms with van der Waals surface area (Å²) in [5, 5.41) is 11.8. The van der Waals surface area contributed by atoms with Gasteiger partial charge in [-0.25, -0.2) is 13.6 Å². The third kappa shape index (κ3) is 5.45. The van der Waals surface area contributed by atoms with Crippen LogP contribution in [-0.2, 0) is 9.59 Å². The Kier molecular flexibility index (Phi) is 6.95. The molecule has 1 aliphatic carbocycles. The lowest BCUT2D eigenvalue weighted by Gasteiger charge is -2.38. The van der Waals surface area contributed by atoms with Crippen LogP contribution in [0.2, 0.25) is 0 Å². The van der Waals surface area contributed by atoms with Gasteiger partial charge in [-0.15, -0.1) is 0 Å². The van der Waals surface area contributed by atoms with Crippen molar-refractivity contribution in [2.45, 2.75) is 63.8 Å². The van der Waals surface area contributed by atoms with Gasteiger partial charge in [-0.3, -0.25) is 9.59 Å². The van der Waals surface area contributed by atoms with Crippen molar-refractivity contribution in [2.24, 2.45) is 10.8 Å². The zero-order valence-electron chi connectivity index (χ0n) is 20.7. The van der Waals surface area contributed by atoms with Gasteiger partial charge >= 0.3 is 6.03 Å². The normalized spacial score (nSPS) is 21.1. The van der Waals surface area contributed by atoms with Crippen LogP contribution in [0.4, 0.5) is 19.3 Å². The topological polar surface area (TPSA) is 103 Å². The fourth-order valence-corrected chi connectivity index (χ4v) is 5.21. The number of nitrogens with one attached hydrogen (secondary N) is 1. The molecule has 3 aliphatic rings. The molecule has 2 aliphatic heterocycles. The summed E-state index contributed by atoms with van der Waals surface area (Å²) in [6, 6.07) is 7.44. The van der Waals surface area contributed by atoms with Crippen LogP contribution in [0.1, 0.15) is 51.9 Å². The van der Waals surface area contributed by atoms with Crippen molar-refractivity contribution < 1.29 is 27.9 Å². The molecule has 3 fully saturated rings. The van der Waals surface area contributed by atoms with Crippen molar-refractivity contribution in [3.63, 3.8) is 0 Å². The van der Waals surface area contributed by atoms with Gasteiger partial charge in [0, 0.05) is 38.2 Å². The fourth-order valence-electron chi connectivity index (χ4n) is 5.21. The Bertz CT molecular complexity index is 1050. The molecule has 1 aromatic carbocycles. The summed E-state index contributed by atoms with van der Waals surface area (Å²) in [6.45, 7) is 1.88. The number of anilines is 1. The number of urea groups is 1. The first-order valence-corrected chi connectivity index (χ1v) is 12.3. The molecule has 8 nitrogen and oxygen atoms in total. The number of hydrogen-bond donors (Lipinski definition) is 1. The SMILES string of the molecule is COc1ccc(N2CCC3(CCN(C(=O)N[C@@H](CC(C)(F)F)C(=O)CC4(C#N)CC4)CC3)C2=O)cc1. The first-order valence-electron chi connectivity index (χ1n) is 12.3. The molecule has 1 aromatic rings. The number of likely N-dealkylation sites (tertiary alicyclic amines) is 1. The van der Waals surface area contributed by atoms with Gasteiger partial charge in [0.25, 0.3) is 0 Å². The number of ether oxygens (including phenoxy) is 1. The molecule has 1 spiro atoms. The van der Waals surface area contributed by atoms with Gasteiger partial charge in [0.05, 0.1) is 30.1 Å². The summed E-state index contributed by atoms with van der Waals surface area (Å²) in [4.78, 5) is 42.2. The first-order chi connectivity index (χ1) is 17.0. The molecule has 0 unspecified atom stereocenters. The number of methoxy groups -OCH3 is 1. The number of carbonyl (C=O) groups excluding carboxylic acids is 3. The number of hydrogen-bond acceptors (Lipinski definition) is 5. The minimum atomic E-state index is -3.15. The van der Waals surface area contributed by atoms with Gasteiger partial charge in [-0.2, -0.15) is 5.26 Å². The number of carbonyl (C=O) groups is 3. The van der Waals surface area contributed by atoms with Gasteiger partial charge in [0.1, 0.15) is 5.75 Å². The lowest BCUT2D eigenvalue weighted by atomic mass is 9.77. The zero-order chi connectivity index (χ0) is 26.1. The van der Waals surface area contributed by atoms with E-state index >= 15 is 0 Å². The van der Waals surface area contributed by atoms with Crippen molar-refractivity contribution in [2.75, 3.05) is 31.6 Å². The molecule has 1 atom stereocenters. The van der Waals surface area contributed by atoms with Crippen molar-refractivity contribution in [3.05, 3.63) is 24.3 Å². The smallest absolute Gasteiger partial charge is 0.317 e. The Balaban J connectivity index is 1.36. The van der Waals surface area contributed by atoms with Crippen LogP contribution in [0, 0.1) is 22.2 Å². The number of halogens is 2. The molecule has 1 N–H and O–H groups in total. The minimum Gasteiger partial charge on any atom is -0.497 e. The number of amides is 3. The second-order valence-electron chi connectivity index (χ2n) is 10.5. The lowest BCUT2D eigenvalue weighted by molar-refractivity contribution is -0.127. The highest BCUT2D eigenvalue weighted by molar-refractivity contribution is 6.00. The van der Waals surface area contributed by atoms with Gasteiger partial charge in [0.2, 0.25) is 11.8 Å². The molecule has 36 heavy (non-hydrogen) atoms. The molecule has 4 rings (SSSR count). The number of nitrogens with zero attached hydrogens (tertiary/aromatic N) is 3. The van der Waals surface area contributed by atoms with E-state index in [-0.39, 0.29) is 12.3 Å². The highest BCUT2D eigenvalue weighted by atomic mass is 19.3. The van der Waals surface area contributed by atoms with E-state index in [1.54, 1.807) is 24.1 Å². The Morgan fingerprint density at radius 2 is 1.75 bits per heavy atom. The van der Waals surface area contributed by atoms with Crippen molar-refractivity contribution >= 4 is 23.4 Å². The summed E-state index contributed by atoms with van der Waals surface area (Å²) in [7, 11) is 1.58. The number of alkyl halides is 2. The maximum absolute atomic E-state index is 13.8. The second-order valence-corrected chi connectivity index (χ2v) is 10.5. The van der Waals surface area contributed by atoms with E-state index in [0.29, 0.717) is 64.4 Å². The Labute approximate surface area is 209 Å². The number of piperidine rings is 1. The van der Waals surface area contributed by atoms with E-state index in [1.165, 1.54) is 4.90 Å². The highest BCUT2D eigenvalue weighted by Gasteiger charge is 2.50. The summed E-state index contributed by atoms with van der Waals surface area (Å²) in [5.74, 6) is -2.96. The first kappa shape index (κ1) is 25.9. The van der Waals surface area contributed by atoms with E-state index < -0.39 is 41.0 Å². The van der Waals surface area contributed by atoms with E-state index in [2.05, 4.69) is 11.4 Å². The molecule has 0 bridgehead atoms. The maximum atomic E-state index is 13.8. The molecular weight excluding hydrogens is 470 g/mol. The molecule has 194 valence electrons. The van der Waals surface area contributed by atoms with Crippen LogP contribution in [0.5, 0.6) is 5.75 Å². The molecule has 1 saturated carbocycles. The number of rotatable bonds is 8. The second kappa shape index (κ2) is 9.68. The average Bonchev–Trinajstić information content (AvgIpc) is 3.56. The molecule has 0 radical (unpaired) electrons. The molecule has 10 heteroatoms. The molecule has 0 aromatic heterocycles. The predicted octanol–water partition coefficient (Wildman–Crippen LogP) is 3.90. The third-order valence-corrected chi connectivity index (χ3v) is 7.76. The Morgan fingerprint density at radius 1 is 1.14 bits per heavy atom. The third-order valence-electron chi connectivity index (χ3n) is 7.76. The largest absolute Gasteiger partial charge is 0.497 e. The van der Waals surface area contributed by atoms with Gasteiger partial charge < -0.3 is 19.9 Å². The minimum absolute atomic E-state index is 0.0256. The molecular formula is C26H32F2N4O4. The van der Waals surface area contributed by atoms with Crippen LogP contribution < -0.4 is 15.0 Å². The highest BCUT2D eigenvalue weighted by Crippen LogP contribution is 2.48. The van der Waals surface area contributed by atoms with Crippen LogP contribution >= 0.6 is 0 Å². The van der Waals surface area contributed by atoms with Crippen molar-refractivity contribution in [3.8, 4) is 11.8 Å². The van der Waals surface area contributed by atoms with Gasteiger partial charge in [-0.1, -0.05) is 0 Å². The van der Waals surface area contributed by atoms with Crippen LogP contribution in [0.15, 0.2) is 24.3 Å². The van der Waals surface area contributed by atoms with Crippen LogP contribution in [0.25, 0.3) is 0 Å². The van der Waals surface area contributed by atoms with E-state index in [9.17, 15) is 28.4 Å². The van der Waals surface area contributed by atoms with Gasteiger partial charge in [0.15, 0.2) is 5.78 Å². The molecule has 2 saturated heterocycles. The van der Waals surface area contributed by atoms with Crippen molar-refractivity contribution in [1.29, 1.82) is 5.26 Å². The molecule has 2 heterocycles. The standard InChI is InChI=1S/C26H32F2N4O4/c1-24(27,28)15-20(21(33)16-25(17-29)7-8-25)30-23(35)31-12-9-26(10-13-31)11-14-32(22(26)34)18-3-5-19(36-2)6-4-18/h3-6,20H,7-16H2,1-2H3,(H,30,35)/t20-/m0/s1. The lowest BCUT2D eigenvalue weighted by Crippen LogP contribution is -2.53. The fraction of sp³-hybridized carbons (Fsp3) is 0.615. The molecule has 3 amide bonds. The Hall–Kier alpha value is -3.22. The Morgan fingerprint density at radius 3 is 2.28 bits per heavy atom. The van der Waals surface area contributed by atoms with E-state index in [0.717, 1.165) is 5.69 Å². The zero-order valence-corrected chi connectivity index (χ0v) is 20.7. The van der Waals surface area contributed by atoms with E-state index in [1.807, 2.05) is 12.1 Å². The van der Waals surface area contributed by atoms with Gasteiger partial charge in [-0.05, 0) is 63.3 Å². The number of ketones is 1. The van der Waals surface area contributed by atoms with Crippen molar-refractivity contribution in [1.82, 2.24) is 10.2 Å². The summed E-state index contributed by atoms with van der Waals surface area (Å²) < 4.78 is 32.8. The summed E-state index contributed by atoms with van der Waals surface area (Å²) in [5.41, 5.74) is -0.544. The number of benzene rings is 1. The summed E-state index contributed by atoms with van der Waals surface area (Å²) >= 11 is 0. The quantitative estimate of drug-likeness (QED) is 0.581. The average molecular weight is 503 g/mol.